The number of ether oxygens (including phenoxy) is 1. The lowest BCUT2D eigenvalue weighted by Gasteiger charge is -2.43. The highest BCUT2D eigenvalue weighted by Crippen LogP contribution is 2.34. The van der Waals surface area contributed by atoms with Gasteiger partial charge in [-0.3, -0.25) is 0 Å². The quantitative estimate of drug-likeness (QED) is 0.470. The van der Waals surface area contributed by atoms with Crippen LogP contribution in [0.25, 0.3) is 22.4 Å². The van der Waals surface area contributed by atoms with Gasteiger partial charge in [-0.15, -0.1) is 0 Å². The van der Waals surface area contributed by atoms with Crippen molar-refractivity contribution in [3.63, 3.8) is 0 Å². The lowest BCUT2D eigenvalue weighted by atomic mass is 9.87. The van der Waals surface area contributed by atoms with Gasteiger partial charge in [0.1, 0.15) is 17.2 Å². The molecule has 0 bridgehead atoms. The first-order valence-electron chi connectivity index (χ1n) is 13.8. The maximum Gasteiger partial charge on any atom is 0.175 e. The fraction of sp³-hybridized carbons (Fsp3) is 0.552. The molecule has 204 valence electrons. The molecule has 9 heteroatoms. The minimum absolute atomic E-state index is 0.252. The van der Waals surface area contributed by atoms with Crippen LogP contribution in [0.2, 0.25) is 0 Å². The van der Waals surface area contributed by atoms with E-state index in [0.29, 0.717) is 28.8 Å². The van der Waals surface area contributed by atoms with E-state index in [0.717, 1.165) is 56.2 Å². The van der Waals surface area contributed by atoms with Crippen molar-refractivity contribution in [1.29, 1.82) is 0 Å². The van der Waals surface area contributed by atoms with Gasteiger partial charge in [0.05, 0.1) is 23.6 Å². The first-order valence-corrected chi connectivity index (χ1v) is 15.7. The number of hydrogen-bond acceptors (Lipinski definition) is 6. The average Bonchev–Trinajstić information content (AvgIpc) is 3.23. The Morgan fingerprint density at radius 3 is 2.29 bits per heavy atom. The van der Waals surface area contributed by atoms with Crippen molar-refractivity contribution >= 4 is 20.9 Å². The molecule has 3 saturated heterocycles. The van der Waals surface area contributed by atoms with Gasteiger partial charge in [-0.1, -0.05) is 0 Å². The van der Waals surface area contributed by atoms with Crippen molar-refractivity contribution in [2.75, 3.05) is 52.2 Å². The van der Waals surface area contributed by atoms with Crippen molar-refractivity contribution in [2.45, 2.75) is 42.5 Å². The Morgan fingerprint density at radius 1 is 1.00 bits per heavy atom. The first-order chi connectivity index (χ1) is 18.3. The van der Waals surface area contributed by atoms with Crippen molar-refractivity contribution < 1.29 is 17.5 Å². The number of sulfone groups is 1. The van der Waals surface area contributed by atoms with E-state index in [-0.39, 0.29) is 10.7 Å². The number of aromatic nitrogens is 2. The molecule has 3 fully saturated rings. The van der Waals surface area contributed by atoms with Crippen LogP contribution < -0.4 is 0 Å². The Kier molecular flexibility index (Phi) is 7.05. The molecule has 7 nitrogen and oxygen atoms in total. The molecule has 4 heterocycles. The highest BCUT2D eigenvalue weighted by atomic mass is 32.2. The molecule has 0 spiro atoms. The molecule has 3 aliphatic rings. The summed E-state index contributed by atoms with van der Waals surface area (Å²) < 4.78 is 46.1. The summed E-state index contributed by atoms with van der Waals surface area (Å²) in [6.45, 7) is 7.53. The van der Waals surface area contributed by atoms with Crippen LogP contribution in [0.15, 0.2) is 41.3 Å². The number of nitrogens with zero attached hydrogens (tertiary/aromatic N) is 4. The monoisotopic (exact) mass is 540 g/mol. The zero-order valence-corrected chi connectivity index (χ0v) is 23.1. The standard InChI is InChI=1S/C29H37FN4O3S/c1-32-28-26(30)15-23(16-27(28)31-29(32)22-3-5-25(6-4-22)38(2,35)36)21-7-13-34(14-8-21)24-9-11-33(12-10-24)17-20-18-37-19-20/h3-6,15-16,20-21,24H,7-14,17-19H2,1-2H3. The van der Waals surface area contributed by atoms with Gasteiger partial charge in [0.2, 0.25) is 0 Å². The number of aryl methyl sites for hydroxylation is 1. The molecule has 3 aliphatic heterocycles. The summed E-state index contributed by atoms with van der Waals surface area (Å²) in [5.74, 6) is 1.44. The Morgan fingerprint density at radius 2 is 1.68 bits per heavy atom. The fourth-order valence-corrected chi connectivity index (χ4v) is 7.11. The highest BCUT2D eigenvalue weighted by molar-refractivity contribution is 7.90. The van der Waals surface area contributed by atoms with Crippen LogP contribution in [0.4, 0.5) is 4.39 Å². The molecule has 0 unspecified atom stereocenters. The van der Waals surface area contributed by atoms with Gasteiger partial charge in [0.25, 0.3) is 0 Å². The Hall–Kier alpha value is -2.33. The van der Waals surface area contributed by atoms with Crippen LogP contribution in [0.5, 0.6) is 0 Å². The van der Waals surface area contributed by atoms with Crippen molar-refractivity contribution in [1.82, 2.24) is 19.4 Å². The van der Waals surface area contributed by atoms with Crippen molar-refractivity contribution in [3.05, 3.63) is 47.8 Å². The van der Waals surface area contributed by atoms with E-state index in [1.54, 1.807) is 34.9 Å². The molecular formula is C29H37FN4O3S. The van der Waals surface area contributed by atoms with E-state index in [9.17, 15) is 8.42 Å². The van der Waals surface area contributed by atoms with Crippen LogP contribution in [-0.4, -0.2) is 86.0 Å². The third-order valence-electron chi connectivity index (χ3n) is 8.78. The van der Waals surface area contributed by atoms with Crippen LogP contribution in [0.1, 0.15) is 37.2 Å². The van der Waals surface area contributed by atoms with Gasteiger partial charge < -0.3 is 19.1 Å². The predicted molar refractivity (Wildman–Crippen MR) is 147 cm³/mol. The fourth-order valence-electron chi connectivity index (χ4n) is 6.48. The van der Waals surface area contributed by atoms with Gasteiger partial charge in [0.15, 0.2) is 9.84 Å². The molecule has 0 atom stereocenters. The summed E-state index contributed by atoms with van der Waals surface area (Å²) in [5.41, 5.74) is 2.92. The molecule has 3 aromatic rings. The van der Waals surface area contributed by atoms with E-state index in [4.69, 9.17) is 9.72 Å². The molecule has 1 aromatic heterocycles. The Bertz CT molecular complexity index is 1400. The molecular weight excluding hydrogens is 503 g/mol. The number of rotatable bonds is 6. The second-order valence-electron chi connectivity index (χ2n) is 11.4. The summed E-state index contributed by atoms with van der Waals surface area (Å²) in [6.07, 6.45) is 5.74. The minimum atomic E-state index is -3.28. The molecule has 0 N–H and O–H groups in total. The summed E-state index contributed by atoms with van der Waals surface area (Å²) in [7, 11) is -1.47. The van der Waals surface area contributed by atoms with Crippen LogP contribution in [0.3, 0.4) is 0 Å². The molecule has 0 aliphatic carbocycles. The highest BCUT2D eigenvalue weighted by Gasteiger charge is 2.31. The number of fused-ring (bicyclic) bond motifs is 1. The lowest BCUT2D eigenvalue weighted by molar-refractivity contribution is -0.0512. The number of halogens is 1. The Labute approximate surface area is 224 Å². The second kappa shape index (κ2) is 10.3. The Balaban J connectivity index is 1.12. The number of benzene rings is 2. The van der Waals surface area contributed by atoms with Crippen LogP contribution >= 0.6 is 0 Å². The summed E-state index contributed by atoms with van der Waals surface area (Å²) in [5, 5.41) is 0. The number of imidazole rings is 1. The minimum Gasteiger partial charge on any atom is -0.381 e. The average molecular weight is 541 g/mol. The van der Waals surface area contributed by atoms with E-state index >= 15 is 4.39 Å². The van der Waals surface area contributed by atoms with E-state index < -0.39 is 9.84 Å². The summed E-state index contributed by atoms with van der Waals surface area (Å²) in [6, 6.07) is 11.0. The first kappa shape index (κ1) is 25.9. The van der Waals surface area contributed by atoms with Gasteiger partial charge in [-0.25, -0.2) is 17.8 Å². The van der Waals surface area contributed by atoms with Crippen LogP contribution in [0, 0.1) is 11.7 Å². The predicted octanol–water partition coefficient (Wildman–Crippen LogP) is 4.07. The smallest absolute Gasteiger partial charge is 0.175 e. The van der Waals surface area contributed by atoms with E-state index in [1.807, 2.05) is 7.05 Å². The van der Waals surface area contributed by atoms with Crippen molar-refractivity contribution in [3.8, 4) is 11.4 Å². The SMILES string of the molecule is Cn1c(-c2ccc(S(C)(=O)=O)cc2)nc2cc(C3CCN(C4CCN(CC5COC5)CC4)CC3)cc(F)c21. The second-order valence-corrected chi connectivity index (χ2v) is 13.4. The van der Waals surface area contributed by atoms with E-state index in [2.05, 4.69) is 15.9 Å². The third kappa shape index (κ3) is 5.13. The maximum atomic E-state index is 15.4. The zero-order chi connectivity index (χ0) is 26.4. The summed E-state index contributed by atoms with van der Waals surface area (Å²) in [4.78, 5) is 10.3. The van der Waals surface area contributed by atoms with E-state index in [1.165, 1.54) is 38.7 Å². The maximum absolute atomic E-state index is 15.4. The third-order valence-corrected chi connectivity index (χ3v) is 9.91. The normalized spacial score (nSPS) is 21.2. The largest absolute Gasteiger partial charge is 0.381 e. The van der Waals surface area contributed by atoms with Gasteiger partial charge in [0, 0.05) is 37.4 Å². The van der Waals surface area contributed by atoms with Gasteiger partial charge in [-0.2, -0.15) is 0 Å². The molecule has 2 aromatic carbocycles. The zero-order valence-electron chi connectivity index (χ0n) is 22.3. The topological polar surface area (TPSA) is 67.7 Å². The summed E-state index contributed by atoms with van der Waals surface area (Å²) >= 11 is 0. The van der Waals surface area contributed by atoms with Crippen LogP contribution in [-0.2, 0) is 21.6 Å². The van der Waals surface area contributed by atoms with Crippen molar-refractivity contribution in [2.24, 2.45) is 13.0 Å². The lowest BCUT2D eigenvalue weighted by Crippen LogP contribution is -2.49. The number of piperidine rings is 2. The van der Waals surface area contributed by atoms with Gasteiger partial charge >= 0.3 is 0 Å². The molecule has 6 rings (SSSR count). The number of hydrogen-bond donors (Lipinski definition) is 0. The molecule has 0 radical (unpaired) electrons. The van der Waals surface area contributed by atoms with Gasteiger partial charge in [-0.05, 0) is 99.7 Å². The molecule has 0 amide bonds. The number of likely N-dealkylation sites (tertiary alicyclic amines) is 2. The molecule has 38 heavy (non-hydrogen) atoms. The molecule has 0 saturated carbocycles.